The second-order valence-electron chi connectivity index (χ2n) is 2.95. The zero-order valence-corrected chi connectivity index (χ0v) is 9.48. The molecule has 2 heterocycles. The number of hydrogen-bond donors (Lipinski definition) is 1. The van der Waals surface area contributed by atoms with Crippen molar-refractivity contribution in [3.63, 3.8) is 0 Å². The first-order chi connectivity index (χ1) is 7.31. The molecule has 2 aromatic rings. The van der Waals surface area contributed by atoms with Crippen LogP contribution in [0.2, 0.25) is 0 Å². The predicted molar refractivity (Wildman–Crippen MR) is 60.9 cm³/mol. The lowest BCUT2D eigenvalue weighted by Crippen LogP contribution is -1.99. The number of pyridine rings is 1. The molecule has 2 aromatic heterocycles. The standard InChI is InChI=1S/C10H9BrN4/c11-8-2-1-3-13-9(8)10-14-5-7(4-12)6-15-10/h1-3,5-6H,4,12H2. The van der Waals surface area contributed by atoms with Crippen molar-refractivity contribution in [3.05, 3.63) is 40.8 Å². The van der Waals surface area contributed by atoms with Gasteiger partial charge in [0.25, 0.3) is 0 Å². The van der Waals surface area contributed by atoms with Crippen molar-refractivity contribution < 1.29 is 0 Å². The summed E-state index contributed by atoms with van der Waals surface area (Å²) in [4.78, 5) is 12.6. The Morgan fingerprint density at radius 2 is 1.93 bits per heavy atom. The van der Waals surface area contributed by atoms with Crippen LogP contribution in [0.1, 0.15) is 5.56 Å². The Bertz CT molecular complexity index is 455. The quantitative estimate of drug-likeness (QED) is 0.898. The Morgan fingerprint density at radius 1 is 1.20 bits per heavy atom. The van der Waals surface area contributed by atoms with Gasteiger partial charge in [-0.05, 0) is 28.1 Å². The van der Waals surface area contributed by atoms with E-state index in [0.717, 1.165) is 15.7 Å². The minimum Gasteiger partial charge on any atom is -0.326 e. The lowest BCUT2D eigenvalue weighted by atomic mass is 10.3. The summed E-state index contributed by atoms with van der Waals surface area (Å²) in [6, 6.07) is 3.75. The van der Waals surface area contributed by atoms with E-state index in [2.05, 4.69) is 30.9 Å². The Kier molecular flexibility index (Phi) is 3.03. The van der Waals surface area contributed by atoms with E-state index in [0.29, 0.717) is 12.4 Å². The first-order valence-corrected chi connectivity index (χ1v) is 5.22. The van der Waals surface area contributed by atoms with Gasteiger partial charge in [0.05, 0.1) is 0 Å². The number of hydrogen-bond acceptors (Lipinski definition) is 4. The molecule has 0 spiro atoms. The maximum absolute atomic E-state index is 5.46. The second kappa shape index (κ2) is 4.46. The highest BCUT2D eigenvalue weighted by Gasteiger charge is 2.06. The third-order valence-electron chi connectivity index (χ3n) is 1.91. The van der Waals surface area contributed by atoms with E-state index in [4.69, 9.17) is 5.73 Å². The van der Waals surface area contributed by atoms with E-state index in [1.165, 1.54) is 0 Å². The molecule has 76 valence electrons. The molecule has 0 bridgehead atoms. The molecule has 0 aromatic carbocycles. The summed E-state index contributed by atoms with van der Waals surface area (Å²) in [5.41, 5.74) is 7.11. The highest BCUT2D eigenvalue weighted by Crippen LogP contribution is 2.21. The maximum atomic E-state index is 5.46. The van der Waals surface area contributed by atoms with Crippen LogP contribution in [0.25, 0.3) is 11.5 Å². The molecule has 0 radical (unpaired) electrons. The van der Waals surface area contributed by atoms with Gasteiger partial charge < -0.3 is 5.73 Å². The van der Waals surface area contributed by atoms with Crippen molar-refractivity contribution >= 4 is 15.9 Å². The summed E-state index contributed by atoms with van der Waals surface area (Å²) in [7, 11) is 0. The summed E-state index contributed by atoms with van der Waals surface area (Å²) >= 11 is 3.40. The van der Waals surface area contributed by atoms with Gasteiger partial charge in [-0.25, -0.2) is 9.97 Å². The molecular weight excluding hydrogens is 256 g/mol. The minimum atomic E-state index is 0.448. The molecule has 0 amide bonds. The normalized spacial score (nSPS) is 10.3. The topological polar surface area (TPSA) is 64.7 Å². The molecule has 15 heavy (non-hydrogen) atoms. The van der Waals surface area contributed by atoms with E-state index in [1.54, 1.807) is 18.6 Å². The van der Waals surface area contributed by atoms with Gasteiger partial charge in [-0.15, -0.1) is 0 Å². The zero-order chi connectivity index (χ0) is 10.7. The second-order valence-corrected chi connectivity index (χ2v) is 3.81. The van der Waals surface area contributed by atoms with Crippen molar-refractivity contribution in [2.45, 2.75) is 6.54 Å². The van der Waals surface area contributed by atoms with Crippen molar-refractivity contribution in [3.8, 4) is 11.5 Å². The molecule has 2 rings (SSSR count). The average molecular weight is 265 g/mol. The monoisotopic (exact) mass is 264 g/mol. The third-order valence-corrected chi connectivity index (χ3v) is 2.55. The lowest BCUT2D eigenvalue weighted by molar-refractivity contribution is 1.01. The van der Waals surface area contributed by atoms with E-state index >= 15 is 0 Å². The fraction of sp³-hybridized carbons (Fsp3) is 0.100. The van der Waals surface area contributed by atoms with Crippen LogP contribution in [-0.2, 0) is 6.54 Å². The fourth-order valence-corrected chi connectivity index (χ4v) is 1.57. The van der Waals surface area contributed by atoms with Gasteiger partial charge in [-0.3, -0.25) is 4.98 Å². The van der Waals surface area contributed by atoms with Crippen molar-refractivity contribution in [1.82, 2.24) is 15.0 Å². The summed E-state index contributed by atoms with van der Waals surface area (Å²) in [5, 5.41) is 0. The van der Waals surface area contributed by atoms with Gasteiger partial charge in [0.2, 0.25) is 0 Å². The van der Waals surface area contributed by atoms with Gasteiger partial charge >= 0.3 is 0 Å². The van der Waals surface area contributed by atoms with Gasteiger partial charge in [0.15, 0.2) is 5.82 Å². The molecule has 0 fully saturated rings. The van der Waals surface area contributed by atoms with Crippen LogP contribution in [0.3, 0.4) is 0 Å². The smallest absolute Gasteiger partial charge is 0.179 e. The van der Waals surface area contributed by atoms with Gasteiger partial charge in [-0.1, -0.05) is 0 Å². The van der Waals surface area contributed by atoms with Crippen molar-refractivity contribution in [1.29, 1.82) is 0 Å². The first-order valence-electron chi connectivity index (χ1n) is 4.43. The highest BCUT2D eigenvalue weighted by atomic mass is 79.9. The van der Waals surface area contributed by atoms with Gasteiger partial charge in [-0.2, -0.15) is 0 Å². The van der Waals surface area contributed by atoms with E-state index in [9.17, 15) is 0 Å². The van der Waals surface area contributed by atoms with Gasteiger partial charge in [0, 0.05) is 35.2 Å². The van der Waals surface area contributed by atoms with Crippen LogP contribution >= 0.6 is 15.9 Å². The average Bonchev–Trinajstić information content (AvgIpc) is 2.30. The predicted octanol–water partition coefficient (Wildman–Crippen LogP) is 1.76. The summed E-state index contributed by atoms with van der Waals surface area (Å²) in [6.07, 6.45) is 5.13. The number of nitrogens with zero attached hydrogens (tertiary/aromatic N) is 3. The first kappa shape index (κ1) is 10.2. The van der Waals surface area contributed by atoms with E-state index in [-0.39, 0.29) is 0 Å². The number of halogens is 1. The van der Waals surface area contributed by atoms with Crippen LogP contribution < -0.4 is 5.73 Å². The van der Waals surface area contributed by atoms with Gasteiger partial charge in [0.1, 0.15) is 5.69 Å². The van der Waals surface area contributed by atoms with Crippen molar-refractivity contribution in [2.75, 3.05) is 0 Å². The summed E-state index contributed by atoms with van der Waals surface area (Å²) in [6.45, 7) is 0.448. The molecule has 0 unspecified atom stereocenters. The Morgan fingerprint density at radius 3 is 2.53 bits per heavy atom. The Hall–Kier alpha value is -1.33. The molecule has 4 nitrogen and oxygen atoms in total. The van der Waals surface area contributed by atoms with Crippen LogP contribution in [0, 0.1) is 0 Å². The number of aromatic nitrogens is 3. The fourth-order valence-electron chi connectivity index (χ4n) is 1.13. The minimum absolute atomic E-state index is 0.448. The molecule has 0 aliphatic carbocycles. The van der Waals surface area contributed by atoms with E-state index < -0.39 is 0 Å². The number of nitrogens with two attached hydrogens (primary N) is 1. The highest BCUT2D eigenvalue weighted by molar-refractivity contribution is 9.10. The number of rotatable bonds is 2. The molecule has 0 saturated heterocycles. The summed E-state index contributed by atoms with van der Waals surface area (Å²) < 4.78 is 0.880. The van der Waals surface area contributed by atoms with E-state index in [1.807, 2.05) is 12.1 Å². The molecule has 0 saturated carbocycles. The lowest BCUT2D eigenvalue weighted by Gasteiger charge is -2.01. The van der Waals surface area contributed by atoms with Crippen LogP contribution in [0.5, 0.6) is 0 Å². The van der Waals surface area contributed by atoms with Crippen molar-refractivity contribution in [2.24, 2.45) is 5.73 Å². The molecule has 0 atom stereocenters. The Balaban J connectivity index is 2.42. The molecular formula is C10H9BrN4. The van der Waals surface area contributed by atoms with Crippen LogP contribution in [-0.4, -0.2) is 15.0 Å². The molecule has 0 aliphatic rings. The van der Waals surface area contributed by atoms with Crippen LogP contribution in [0.4, 0.5) is 0 Å². The molecule has 0 aliphatic heterocycles. The zero-order valence-electron chi connectivity index (χ0n) is 7.89. The molecule has 5 heteroatoms. The molecule has 2 N–H and O–H groups in total. The summed E-state index contributed by atoms with van der Waals surface area (Å²) in [5.74, 6) is 0.597. The largest absolute Gasteiger partial charge is 0.326 e. The Labute approximate surface area is 95.7 Å². The van der Waals surface area contributed by atoms with Crippen LogP contribution in [0.15, 0.2) is 35.2 Å². The SMILES string of the molecule is NCc1cnc(-c2ncccc2Br)nc1. The maximum Gasteiger partial charge on any atom is 0.179 e. The third kappa shape index (κ3) is 2.19.